The molecular formula is C15H14O7. The third kappa shape index (κ3) is 2.45. The van der Waals surface area contributed by atoms with Gasteiger partial charge in [-0.3, -0.25) is 14.4 Å². The molecule has 7 heteroatoms. The number of esters is 1. The predicted molar refractivity (Wildman–Crippen MR) is 72.8 cm³/mol. The number of rotatable bonds is 5. The molecule has 0 radical (unpaired) electrons. The van der Waals surface area contributed by atoms with Gasteiger partial charge in [0.2, 0.25) is 0 Å². The molecule has 116 valence electrons. The van der Waals surface area contributed by atoms with E-state index in [4.69, 9.17) is 9.84 Å². The molecule has 1 aliphatic rings. The third-order valence-electron chi connectivity index (χ3n) is 3.69. The number of carbonyl (C=O) groups excluding carboxylic acids is 2. The van der Waals surface area contributed by atoms with Gasteiger partial charge in [0, 0.05) is 5.56 Å². The molecule has 1 aromatic rings. The maximum atomic E-state index is 12.5. The standard InChI is InChI=1S/C15H14O7/c1-2-22-11(16)7-15(14(20)21)6-9-4-3-8(13(18)19)5-10(9)12(15)17/h3-5H,2,6-7H2,1H3,(H,18,19)(H,20,21). The summed E-state index contributed by atoms with van der Waals surface area (Å²) in [5.41, 5.74) is -1.58. The second-order valence-corrected chi connectivity index (χ2v) is 5.05. The zero-order valence-electron chi connectivity index (χ0n) is 11.8. The monoisotopic (exact) mass is 306 g/mol. The first-order chi connectivity index (χ1) is 10.3. The van der Waals surface area contributed by atoms with Crippen LogP contribution in [0.5, 0.6) is 0 Å². The second-order valence-electron chi connectivity index (χ2n) is 5.05. The van der Waals surface area contributed by atoms with Crippen molar-refractivity contribution in [1.29, 1.82) is 0 Å². The van der Waals surface area contributed by atoms with Gasteiger partial charge >= 0.3 is 17.9 Å². The molecule has 0 saturated carbocycles. The van der Waals surface area contributed by atoms with Crippen LogP contribution in [0.3, 0.4) is 0 Å². The van der Waals surface area contributed by atoms with E-state index in [-0.39, 0.29) is 24.2 Å². The lowest BCUT2D eigenvalue weighted by Crippen LogP contribution is -2.39. The Morgan fingerprint density at radius 2 is 1.95 bits per heavy atom. The molecule has 2 N–H and O–H groups in total. The molecule has 0 aliphatic heterocycles. The second kappa shape index (κ2) is 5.59. The number of hydrogen-bond acceptors (Lipinski definition) is 5. The molecule has 1 aliphatic carbocycles. The topological polar surface area (TPSA) is 118 Å². The predicted octanol–water partition coefficient (Wildman–Crippen LogP) is 1.15. The van der Waals surface area contributed by atoms with Gasteiger partial charge in [0.25, 0.3) is 0 Å². The molecule has 0 aromatic heterocycles. The van der Waals surface area contributed by atoms with Crippen molar-refractivity contribution in [2.75, 3.05) is 6.61 Å². The van der Waals surface area contributed by atoms with Crippen LogP contribution in [0.25, 0.3) is 0 Å². The zero-order valence-corrected chi connectivity index (χ0v) is 11.8. The number of Topliss-reactive ketones (excluding diaryl/α,β-unsaturated/α-hetero) is 1. The average molecular weight is 306 g/mol. The number of carboxylic acid groups (broad SMARTS) is 2. The van der Waals surface area contributed by atoms with Gasteiger partial charge in [-0.15, -0.1) is 0 Å². The molecular weight excluding hydrogens is 292 g/mol. The van der Waals surface area contributed by atoms with E-state index >= 15 is 0 Å². The number of hydrogen-bond donors (Lipinski definition) is 2. The van der Waals surface area contributed by atoms with Gasteiger partial charge in [-0.2, -0.15) is 0 Å². The molecule has 2 rings (SSSR count). The number of fused-ring (bicyclic) bond motifs is 1. The van der Waals surface area contributed by atoms with E-state index in [2.05, 4.69) is 0 Å². The Morgan fingerprint density at radius 3 is 2.50 bits per heavy atom. The summed E-state index contributed by atoms with van der Waals surface area (Å²) in [7, 11) is 0. The first-order valence-electron chi connectivity index (χ1n) is 6.62. The Bertz CT molecular complexity index is 676. The van der Waals surface area contributed by atoms with E-state index < -0.39 is 35.5 Å². The number of carbonyl (C=O) groups is 4. The lowest BCUT2D eigenvalue weighted by molar-refractivity contribution is -0.155. The van der Waals surface area contributed by atoms with Crippen molar-refractivity contribution in [1.82, 2.24) is 0 Å². The van der Waals surface area contributed by atoms with Crippen molar-refractivity contribution in [3.8, 4) is 0 Å². The zero-order chi connectivity index (χ0) is 16.5. The highest BCUT2D eigenvalue weighted by Gasteiger charge is 2.53. The fourth-order valence-corrected chi connectivity index (χ4v) is 2.59. The van der Waals surface area contributed by atoms with Gasteiger partial charge in [0.15, 0.2) is 5.78 Å². The number of aliphatic carboxylic acids is 1. The maximum absolute atomic E-state index is 12.5. The Labute approximate surface area is 125 Å². The molecule has 1 atom stereocenters. The van der Waals surface area contributed by atoms with Crippen LogP contribution in [-0.4, -0.2) is 40.5 Å². The van der Waals surface area contributed by atoms with E-state index in [1.807, 2.05) is 0 Å². The quantitative estimate of drug-likeness (QED) is 0.618. The maximum Gasteiger partial charge on any atom is 0.335 e. The van der Waals surface area contributed by atoms with Crippen molar-refractivity contribution < 1.29 is 34.1 Å². The molecule has 0 bridgehead atoms. The van der Waals surface area contributed by atoms with Crippen LogP contribution < -0.4 is 0 Å². The molecule has 0 amide bonds. The van der Waals surface area contributed by atoms with Crippen LogP contribution in [-0.2, 0) is 20.7 Å². The molecule has 22 heavy (non-hydrogen) atoms. The van der Waals surface area contributed by atoms with Crippen LogP contribution in [0.4, 0.5) is 0 Å². The minimum absolute atomic E-state index is 0.0339. The molecule has 0 spiro atoms. The summed E-state index contributed by atoms with van der Waals surface area (Å²) >= 11 is 0. The summed E-state index contributed by atoms with van der Waals surface area (Å²) in [5, 5.41) is 18.4. The van der Waals surface area contributed by atoms with Gasteiger partial charge in [0.05, 0.1) is 18.6 Å². The summed E-state index contributed by atoms with van der Waals surface area (Å²) in [4.78, 5) is 46.7. The number of carboxylic acids is 2. The highest BCUT2D eigenvalue weighted by Crippen LogP contribution is 2.40. The van der Waals surface area contributed by atoms with Gasteiger partial charge in [-0.25, -0.2) is 4.79 Å². The van der Waals surface area contributed by atoms with E-state index in [9.17, 15) is 24.3 Å². The number of aromatic carboxylic acids is 1. The molecule has 7 nitrogen and oxygen atoms in total. The molecule has 0 saturated heterocycles. The smallest absolute Gasteiger partial charge is 0.335 e. The summed E-state index contributed by atoms with van der Waals surface area (Å²) < 4.78 is 4.74. The average Bonchev–Trinajstić information content (AvgIpc) is 2.72. The fourth-order valence-electron chi connectivity index (χ4n) is 2.59. The molecule has 1 aromatic carbocycles. The minimum Gasteiger partial charge on any atom is -0.480 e. The summed E-state index contributed by atoms with van der Waals surface area (Å²) in [6, 6.07) is 3.86. The van der Waals surface area contributed by atoms with Crippen molar-refractivity contribution in [2.45, 2.75) is 19.8 Å². The normalized spacial score (nSPS) is 19.6. The van der Waals surface area contributed by atoms with Crippen molar-refractivity contribution >= 4 is 23.7 Å². The molecule has 1 unspecified atom stereocenters. The highest BCUT2D eigenvalue weighted by atomic mass is 16.5. The Hall–Kier alpha value is -2.70. The third-order valence-corrected chi connectivity index (χ3v) is 3.69. The lowest BCUT2D eigenvalue weighted by Gasteiger charge is -2.20. The highest BCUT2D eigenvalue weighted by molar-refractivity contribution is 6.17. The van der Waals surface area contributed by atoms with E-state index in [0.29, 0.717) is 5.56 Å². The minimum atomic E-state index is -1.92. The Balaban J connectivity index is 2.43. The Kier molecular flexibility index (Phi) is 3.99. The van der Waals surface area contributed by atoms with Gasteiger partial charge in [-0.05, 0) is 31.0 Å². The summed E-state index contributed by atoms with van der Waals surface area (Å²) in [6.45, 7) is 1.66. The number of ether oxygens (including phenoxy) is 1. The van der Waals surface area contributed by atoms with Crippen LogP contribution in [0.2, 0.25) is 0 Å². The van der Waals surface area contributed by atoms with E-state index in [1.54, 1.807) is 6.92 Å². The molecule has 0 fully saturated rings. The van der Waals surface area contributed by atoms with E-state index in [0.717, 1.165) is 6.07 Å². The van der Waals surface area contributed by atoms with E-state index in [1.165, 1.54) is 12.1 Å². The van der Waals surface area contributed by atoms with Crippen LogP contribution >= 0.6 is 0 Å². The van der Waals surface area contributed by atoms with Crippen molar-refractivity contribution in [2.24, 2.45) is 5.41 Å². The molecule has 0 heterocycles. The number of benzene rings is 1. The first-order valence-corrected chi connectivity index (χ1v) is 6.62. The van der Waals surface area contributed by atoms with Gasteiger partial charge < -0.3 is 14.9 Å². The Morgan fingerprint density at radius 1 is 1.27 bits per heavy atom. The summed E-state index contributed by atoms with van der Waals surface area (Å²) in [5.74, 6) is -4.16. The van der Waals surface area contributed by atoms with Crippen LogP contribution in [0, 0.1) is 5.41 Å². The van der Waals surface area contributed by atoms with Gasteiger partial charge in [-0.1, -0.05) is 6.07 Å². The largest absolute Gasteiger partial charge is 0.480 e. The number of ketones is 1. The van der Waals surface area contributed by atoms with Crippen molar-refractivity contribution in [3.63, 3.8) is 0 Å². The first kappa shape index (κ1) is 15.7. The van der Waals surface area contributed by atoms with Crippen molar-refractivity contribution in [3.05, 3.63) is 34.9 Å². The van der Waals surface area contributed by atoms with Crippen LogP contribution in [0.1, 0.15) is 39.6 Å². The summed E-state index contributed by atoms with van der Waals surface area (Å²) in [6.07, 6.45) is -0.735. The van der Waals surface area contributed by atoms with Gasteiger partial charge in [0.1, 0.15) is 5.41 Å². The lowest BCUT2D eigenvalue weighted by atomic mass is 9.80. The van der Waals surface area contributed by atoms with Crippen LogP contribution in [0.15, 0.2) is 18.2 Å². The SMILES string of the molecule is CCOC(=O)CC1(C(=O)O)Cc2ccc(C(=O)O)cc2C1=O. The fraction of sp³-hybridized carbons (Fsp3) is 0.333.